The topological polar surface area (TPSA) is 39.1 Å². The SMILES string of the molecule is N#Cc1ccc(N2CCCC(Nc3ccccc3)C2)cc1. The minimum Gasteiger partial charge on any atom is -0.381 e. The van der Waals surface area contributed by atoms with Crippen molar-refractivity contribution in [1.82, 2.24) is 0 Å². The third-order valence-corrected chi connectivity index (χ3v) is 3.93. The fourth-order valence-corrected chi connectivity index (χ4v) is 2.85. The highest BCUT2D eigenvalue weighted by molar-refractivity contribution is 5.51. The lowest BCUT2D eigenvalue weighted by Crippen LogP contribution is -2.42. The first-order valence-electron chi connectivity index (χ1n) is 7.42. The van der Waals surface area contributed by atoms with Crippen LogP contribution in [0, 0.1) is 11.3 Å². The number of benzene rings is 2. The van der Waals surface area contributed by atoms with Crippen LogP contribution in [0.25, 0.3) is 0 Å². The third-order valence-electron chi connectivity index (χ3n) is 3.93. The van der Waals surface area contributed by atoms with Gasteiger partial charge >= 0.3 is 0 Å². The minimum atomic E-state index is 0.469. The number of hydrogen-bond donors (Lipinski definition) is 1. The normalized spacial score (nSPS) is 18.0. The molecule has 1 aliphatic rings. The summed E-state index contributed by atoms with van der Waals surface area (Å²) in [7, 11) is 0. The van der Waals surface area contributed by atoms with Crippen molar-refractivity contribution in [2.24, 2.45) is 0 Å². The molecule has 0 aromatic heterocycles. The van der Waals surface area contributed by atoms with Crippen LogP contribution in [0.5, 0.6) is 0 Å². The molecule has 1 atom stereocenters. The summed E-state index contributed by atoms with van der Waals surface area (Å²) in [5.41, 5.74) is 3.10. The molecule has 0 spiro atoms. The summed E-state index contributed by atoms with van der Waals surface area (Å²) in [5, 5.41) is 12.5. The van der Waals surface area contributed by atoms with E-state index >= 15 is 0 Å². The Morgan fingerprint density at radius 1 is 1.05 bits per heavy atom. The lowest BCUT2D eigenvalue weighted by Gasteiger charge is -2.35. The standard InChI is InChI=1S/C18H19N3/c19-13-15-8-10-18(11-9-15)21-12-4-7-17(14-21)20-16-5-2-1-3-6-16/h1-3,5-6,8-11,17,20H,4,7,12,14H2. The lowest BCUT2D eigenvalue weighted by atomic mass is 10.0. The molecular formula is C18H19N3. The number of para-hydroxylation sites is 1. The molecule has 0 amide bonds. The molecule has 1 N–H and O–H groups in total. The second-order valence-corrected chi connectivity index (χ2v) is 5.45. The fourth-order valence-electron chi connectivity index (χ4n) is 2.85. The maximum absolute atomic E-state index is 8.87. The van der Waals surface area contributed by atoms with E-state index in [1.54, 1.807) is 0 Å². The molecule has 106 valence electrons. The van der Waals surface area contributed by atoms with Gasteiger partial charge in [-0.15, -0.1) is 0 Å². The number of anilines is 2. The highest BCUT2D eigenvalue weighted by Crippen LogP contribution is 2.22. The van der Waals surface area contributed by atoms with Crippen LogP contribution < -0.4 is 10.2 Å². The second-order valence-electron chi connectivity index (χ2n) is 5.45. The van der Waals surface area contributed by atoms with E-state index in [0.717, 1.165) is 18.7 Å². The first-order chi connectivity index (χ1) is 10.3. The van der Waals surface area contributed by atoms with Gasteiger partial charge in [0, 0.05) is 30.5 Å². The summed E-state index contributed by atoms with van der Waals surface area (Å²) in [6.45, 7) is 2.08. The van der Waals surface area contributed by atoms with E-state index in [1.165, 1.54) is 24.2 Å². The average Bonchev–Trinajstić information content (AvgIpc) is 2.56. The zero-order valence-corrected chi connectivity index (χ0v) is 12.0. The molecule has 3 nitrogen and oxygen atoms in total. The van der Waals surface area contributed by atoms with Gasteiger partial charge in [0.05, 0.1) is 11.6 Å². The summed E-state index contributed by atoms with van der Waals surface area (Å²) in [6, 6.07) is 20.9. The number of nitrogens with zero attached hydrogens (tertiary/aromatic N) is 2. The molecule has 1 heterocycles. The van der Waals surface area contributed by atoms with E-state index < -0.39 is 0 Å². The average molecular weight is 277 g/mol. The Morgan fingerprint density at radius 2 is 1.81 bits per heavy atom. The van der Waals surface area contributed by atoms with Crippen LogP contribution in [0.3, 0.4) is 0 Å². The zero-order chi connectivity index (χ0) is 14.5. The van der Waals surface area contributed by atoms with Crippen molar-refractivity contribution in [2.45, 2.75) is 18.9 Å². The van der Waals surface area contributed by atoms with E-state index in [1.807, 2.05) is 30.3 Å². The number of rotatable bonds is 3. The van der Waals surface area contributed by atoms with Gasteiger partial charge < -0.3 is 10.2 Å². The monoisotopic (exact) mass is 277 g/mol. The van der Waals surface area contributed by atoms with Crippen LogP contribution in [0.1, 0.15) is 18.4 Å². The van der Waals surface area contributed by atoms with Gasteiger partial charge in [-0.3, -0.25) is 0 Å². The maximum Gasteiger partial charge on any atom is 0.0991 e. The van der Waals surface area contributed by atoms with Crippen LogP contribution in [-0.4, -0.2) is 19.1 Å². The van der Waals surface area contributed by atoms with Crippen molar-refractivity contribution in [3.63, 3.8) is 0 Å². The number of piperidine rings is 1. The molecule has 3 rings (SSSR count). The van der Waals surface area contributed by atoms with Gasteiger partial charge in [-0.25, -0.2) is 0 Å². The van der Waals surface area contributed by atoms with E-state index in [4.69, 9.17) is 5.26 Å². The van der Waals surface area contributed by atoms with Crippen molar-refractivity contribution in [3.8, 4) is 6.07 Å². The number of nitriles is 1. The van der Waals surface area contributed by atoms with Crippen molar-refractivity contribution < 1.29 is 0 Å². The summed E-state index contributed by atoms with van der Waals surface area (Å²) in [5.74, 6) is 0. The molecule has 1 saturated heterocycles. The van der Waals surface area contributed by atoms with E-state index in [2.05, 4.69) is 40.6 Å². The summed E-state index contributed by atoms with van der Waals surface area (Å²) in [6.07, 6.45) is 2.38. The predicted molar refractivity (Wildman–Crippen MR) is 86.5 cm³/mol. The van der Waals surface area contributed by atoms with Gasteiger partial charge in [0.25, 0.3) is 0 Å². The summed E-state index contributed by atoms with van der Waals surface area (Å²) >= 11 is 0. The summed E-state index contributed by atoms with van der Waals surface area (Å²) < 4.78 is 0. The van der Waals surface area contributed by atoms with Crippen LogP contribution in [0.15, 0.2) is 54.6 Å². The first-order valence-corrected chi connectivity index (χ1v) is 7.42. The van der Waals surface area contributed by atoms with Gasteiger partial charge in [0.2, 0.25) is 0 Å². The molecule has 0 bridgehead atoms. The highest BCUT2D eigenvalue weighted by Gasteiger charge is 2.19. The second kappa shape index (κ2) is 6.32. The highest BCUT2D eigenvalue weighted by atomic mass is 15.2. The predicted octanol–water partition coefficient (Wildman–Crippen LogP) is 3.64. The Morgan fingerprint density at radius 3 is 2.52 bits per heavy atom. The number of nitrogens with one attached hydrogen (secondary N) is 1. The van der Waals surface area contributed by atoms with Gasteiger partial charge in [-0.05, 0) is 49.2 Å². The molecular weight excluding hydrogens is 258 g/mol. The molecule has 0 saturated carbocycles. The molecule has 3 heteroatoms. The van der Waals surface area contributed by atoms with Crippen LogP contribution >= 0.6 is 0 Å². The van der Waals surface area contributed by atoms with Crippen LogP contribution in [-0.2, 0) is 0 Å². The fraction of sp³-hybridized carbons (Fsp3) is 0.278. The Kier molecular flexibility index (Phi) is 4.07. The largest absolute Gasteiger partial charge is 0.381 e. The van der Waals surface area contributed by atoms with Gasteiger partial charge in [0.15, 0.2) is 0 Å². The van der Waals surface area contributed by atoms with E-state index in [0.29, 0.717) is 6.04 Å². The van der Waals surface area contributed by atoms with E-state index in [-0.39, 0.29) is 0 Å². The smallest absolute Gasteiger partial charge is 0.0991 e. The van der Waals surface area contributed by atoms with Crippen LogP contribution in [0.4, 0.5) is 11.4 Å². The molecule has 0 aliphatic carbocycles. The lowest BCUT2D eigenvalue weighted by molar-refractivity contribution is 0.530. The Hall–Kier alpha value is -2.47. The first kappa shape index (κ1) is 13.5. The van der Waals surface area contributed by atoms with E-state index in [9.17, 15) is 0 Å². The van der Waals surface area contributed by atoms with Crippen molar-refractivity contribution in [2.75, 3.05) is 23.3 Å². The Labute approximate surface area is 125 Å². The molecule has 2 aromatic carbocycles. The molecule has 21 heavy (non-hydrogen) atoms. The van der Waals surface area contributed by atoms with Crippen molar-refractivity contribution >= 4 is 11.4 Å². The minimum absolute atomic E-state index is 0.469. The summed E-state index contributed by atoms with van der Waals surface area (Å²) in [4.78, 5) is 2.39. The maximum atomic E-state index is 8.87. The molecule has 2 aromatic rings. The Balaban J connectivity index is 1.66. The quantitative estimate of drug-likeness (QED) is 0.931. The van der Waals surface area contributed by atoms with Gasteiger partial charge in [-0.2, -0.15) is 5.26 Å². The van der Waals surface area contributed by atoms with Crippen molar-refractivity contribution in [3.05, 3.63) is 60.2 Å². The molecule has 1 aliphatic heterocycles. The third kappa shape index (κ3) is 3.35. The van der Waals surface area contributed by atoms with Gasteiger partial charge in [0.1, 0.15) is 0 Å². The Bertz CT molecular complexity index is 613. The van der Waals surface area contributed by atoms with Gasteiger partial charge in [-0.1, -0.05) is 18.2 Å². The number of hydrogen-bond acceptors (Lipinski definition) is 3. The molecule has 0 radical (unpaired) electrons. The van der Waals surface area contributed by atoms with Crippen LogP contribution in [0.2, 0.25) is 0 Å². The van der Waals surface area contributed by atoms with Crippen molar-refractivity contribution in [1.29, 1.82) is 5.26 Å². The zero-order valence-electron chi connectivity index (χ0n) is 12.0. The molecule has 1 unspecified atom stereocenters. The molecule has 1 fully saturated rings.